The molecule has 1 unspecified atom stereocenters. The molecule has 2 aromatic carbocycles. The summed E-state index contributed by atoms with van der Waals surface area (Å²) in [4.78, 5) is 27.9. The van der Waals surface area contributed by atoms with E-state index in [1.807, 2.05) is 48.5 Å². The van der Waals surface area contributed by atoms with E-state index in [0.29, 0.717) is 11.4 Å². The topological polar surface area (TPSA) is 68.3 Å². The molecule has 0 radical (unpaired) electrons. The lowest BCUT2D eigenvalue weighted by molar-refractivity contribution is -0.146. The van der Waals surface area contributed by atoms with Gasteiger partial charge in [-0.05, 0) is 35.4 Å². The first-order valence-corrected chi connectivity index (χ1v) is 8.64. The zero-order valence-electron chi connectivity index (χ0n) is 15.0. The van der Waals surface area contributed by atoms with E-state index in [-0.39, 0.29) is 18.3 Å². The van der Waals surface area contributed by atoms with Crippen LogP contribution in [0.1, 0.15) is 29.8 Å². The zero-order valence-corrected chi connectivity index (χ0v) is 15.0. The number of benzene rings is 2. The second-order valence-electron chi connectivity index (χ2n) is 6.09. The number of pyridine rings is 1. The first-order valence-electron chi connectivity index (χ1n) is 8.64. The van der Waals surface area contributed by atoms with Gasteiger partial charge in [0.05, 0.1) is 12.1 Å². The highest BCUT2D eigenvalue weighted by Gasteiger charge is 2.20. The molecular weight excluding hydrogens is 340 g/mol. The monoisotopic (exact) mass is 360 g/mol. The highest BCUT2D eigenvalue weighted by atomic mass is 16.5. The van der Waals surface area contributed by atoms with Crippen molar-refractivity contribution >= 4 is 17.6 Å². The van der Waals surface area contributed by atoms with Crippen LogP contribution in [0.5, 0.6) is 0 Å². The predicted octanol–water partition coefficient (Wildman–Crippen LogP) is 3.92. The van der Waals surface area contributed by atoms with Crippen molar-refractivity contribution in [2.24, 2.45) is 0 Å². The van der Waals surface area contributed by atoms with Crippen molar-refractivity contribution < 1.29 is 14.3 Å². The molecular formula is C22H20N2O3. The van der Waals surface area contributed by atoms with Crippen LogP contribution in [0.2, 0.25) is 0 Å². The zero-order chi connectivity index (χ0) is 19.1. The number of esters is 1. The number of nitrogens with zero attached hydrogens (tertiary/aromatic N) is 1. The van der Waals surface area contributed by atoms with Gasteiger partial charge in [-0.15, -0.1) is 0 Å². The summed E-state index contributed by atoms with van der Waals surface area (Å²) in [6.45, 7) is 1.45. The van der Waals surface area contributed by atoms with Crippen molar-refractivity contribution in [3.05, 3.63) is 95.8 Å². The van der Waals surface area contributed by atoms with Gasteiger partial charge >= 0.3 is 5.97 Å². The van der Waals surface area contributed by atoms with Crippen LogP contribution in [0.3, 0.4) is 0 Å². The van der Waals surface area contributed by atoms with Gasteiger partial charge in [0.15, 0.2) is 6.10 Å². The average Bonchev–Trinajstić information content (AvgIpc) is 2.69. The van der Waals surface area contributed by atoms with Crippen LogP contribution in [0.25, 0.3) is 0 Å². The summed E-state index contributed by atoms with van der Waals surface area (Å²) in [5, 5.41) is 2.70. The van der Waals surface area contributed by atoms with Gasteiger partial charge in [0.2, 0.25) is 5.91 Å². The third-order valence-electron chi connectivity index (χ3n) is 3.93. The molecule has 1 aromatic heterocycles. The summed E-state index contributed by atoms with van der Waals surface area (Å²) in [6, 6.07) is 22.2. The highest BCUT2D eigenvalue weighted by Crippen LogP contribution is 2.25. The standard InChI is InChI=1S/C22H20N2O3/c1-16(25)24-19-12-10-17(11-13-19)15-21(26)27-22(18-7-3-2-4-8-18)20-9-5-6-14-23-20/h2-14,22H,15H2,1H3,(H,24,25). The van der Waals surface area contributed by atoms with Gasteiger partial charge in [-0.25, -0.2) is 0 Å². The Morgan fingerprint density at radius 2 is 1.67 bits per heavy atom. The second-order valence-corrected chi connectivity index (χ2v) is 6.09. The molecule has 0 spiro atoms. The molecule has 136 valence electrons. The molecule has 3 aromatic rings. The number of rotatable bonds is 6. The van der Waals surface area contributed by atoms with E-state index in [9.17, 15) is 9.59 Å². The predicted molar refractivity (Wildman–Crippen MR) is 103 cm³/mol. The van der Waals surface area contributed by atoms with Crippen molar-refractivity contribution in [2.75, 3.05) is 5.32 Å². The Morgan fingerprint density at radius 1 is 0.963 bits per heavy atom. The maximum atomic E-state index is 12.5. The lowest BCUT2D eigenvalue weighted by Gasteiger charge is -2.18. The normalized spacial score (nSPS) is 11.4. The maximum absolute atomic E-state index is 12.5. The Kier molecular flexibility index (Phi) is 5.94. The molecule has 1 amide bonds. The van der Waals surface area contributed by atoms with Crippen molar-refractivity contribution in [1.29, 1.82) is 0 Å². The van der Waals surface area contributed by atoms with Gasteiger partial charge < -0.3 is 10.1 Å². The smallest absolute Gasteiger partial charge is 0.311 e. The van der Waals surface area contributed by atoms with Crippen LogP contribution in [0.15, 0.2) is 79.0 Å². The van der Waals surface area contributed by atoms with Crippen LogP contribution in [-0.4, -0.2) is 16.9 Å². The number of amides is 1. The minimum atomic E-state index is -0.557. The number of nitrogens with one attached hydrogen (secondary N) is 1. The molecule has 1 atom stereocenters. The molecule has 0 aliphatic rings. The van der Waals surface area contributed by atoms with Gasteiger partial charge in [0, 0.05) is 18.8 Å². The molecule has 0 aliphatic heterocycles. The van der Waals surface area contributed by atoms with Crippen molar-refractivity contribution in [2.45, 2.75) is 19.4 Å². The van der Waals surface area contributed by atoms with Crippen LogP contribution < -0.4 is 5.32 Å². The van der Waals surface area contributed by atoms with Crippen LogP contribution in [-0.2, 0) is 20.7 Å². The highest BCUT2D eigenvalue weighted by molar-refractivity contribution is 5.88. The molecule has 5 heteroatoms. The minimum Gasteiger partial charge on any atom is -0.451 e. The summed E-state index contributed by atoms with van der Waals surface area (Å²) >= 11 is 0. The quantitative estimate of drug-likeness (QED) is 0.677. The lowest BCUT2D eigenvalue weighted by atomic mass is 10.1. The third kappa shape index (κ3) is 5.25. The first-order chi connectivity index (χ1) is 13.1. The van der Waals surface area contributed by atoms with Gasteiger partial charge in [-0.2, -0.15) is 0 Å². The SMILES string of the molecule is CC(=O)Nc1ccc(CC(=O)OC(c2ccccc2)c2ccccn2)cc1. The number of hydrogen-bond donors (Lipinski definition) is 1. The van der Waals surface area contributed by atoms with Gasteiger partial charge in [-0.3, -0.25) is 14.6 Å². The number of ether oxygens (including phenoxy) is 1. The lowest BCUT2D eigenvalue weighted by Crippen LogP contribution is -2.15. The summed E-state index contributed by atoms with van der Waals surface area (Å²) in [6.07, 6.45) is 1.26. The van der Waals surface area contributed by atoms with E-state index in [4.69, 9.17) is 4.74 Å². The molecule has 5 nitrogen and oxygen atoms in total. The number of carbonyl (C=O) groups is 2. The van der Waals surface area contributed by atoms with Gasteiger partial charge in [0.25, 0.3) is 0 Å². The third-order valence-corrected chi connectivity index (χ3v) is 3.93. The maximum Gasteiger partial charge on any atom is 0.311 e. The van der Waals surface area contributed by atoms with E-state index in [1.165, 1.54) is 6.92 Å². The summed E-state index contributed by atoms with van der Waals surface area (Å²) < 4.78 is 5.75. The minimum absolute atomic E-state index is 0.135. The van der Waals surface area contributed by atoms with E-state index in [0.717, 1.165) is 11.1 Å². The Morgan fingerprint density at radius 3 is 2.30 bits per heavy atom. The van der Waals surface area contributed by atoms with E-state index in [2.05, 4.69) is 10.3 Å². The molecule has 0 saturated heterocycles. The van der Waals surface area contributed by atoms with Crippen LogP contribution in [0, 0.1) is 0 Å². The molecule has 0 bridgehead atoms. The molecule has 27 heavy (non-hydrogen) atoms. The Balaban J connectivity index is 1.72. The number of hydrogen-bond acceptors (Lipinski definition) is 4. The number of aromatic nitrogens is 1. The summed E-state index contributed by atoms with van der Waals surface area (Å²) in [5.41, 5.74) is 3.04. The molecule has 0 aliphatic carbocycles. The summed E-state index contributed by atoms with van der Waals surface area (Å²) in [5.74, 6) is -0.481. The number of anilines is 1. The molecule has 3 rings (SSSR count). The van der Waals surface area contributed by atoms with Crippen molar-refractivity contribution in [3.63, 3.8) is 0 Å². The van der Waals surface area contributed by atoms with Crippen molar-refractivity contribution in [3.8, 4) is 0 Å². The molecule has 1 N–H and O–H groups in total. The fourth-order valence-corrected chi connectivity index (χ4v) is 2.71. The fourth-order valence-electron chi connectivity index (χ4n) is 2.71. The van der Waals surface area contributed by atoms with Gasteiger partial charge in [-0.1, -0.05) is 48.5 Å². The van der Waals surface area contributed by atoms with E-state index in [1.54, 1.807) is 30.5 Å². The Hall–Kier alpha value is -3.47. The first kappa shape index (κ1) is 18.3. The second kappa shape index (κ2) is 8.76. The van der Waals surface area contributed by atoms with Crippen LogP contribution in [0.4, 0.5) is 5.69 Å². The molecule has 0 saturated carbocycles. The number of carbonyl (C=O) groups excluding carboxylic acids is 2. The van der Waals surface area contributed by atoms with Crippen LogP contribution >= 0.6 is 0 Å². The van der Waals surface area contributed by atoms with Gasteiger partial charge in [0.1, 0.15) is 0 Å². The van der Waals surface area contributed by atoms with E-state index >= 15 is 0 Å². The van der Waals surface area contributed by atoms with Crippen molar-refractivity contribution in [1.82, 2.24) is 4.98 Å². The Bertz CT molecular complexity index is 854. The molecule has 1 heterocycles. The summed E-state index contributed by atoms with van der Waals surface area (Å²) in [7, 11) is 0. The average molecular weight is 360 g/mol. The largest absolute Gasteiger partial charge is 0.451 e. The molecule has 0 fully saturated rings. The fraction of sp³-hybridized carbons (Fsp3) is 0.136. The Labute approximate surface area is 158 Å². The van der Waals surface area contributed by atoms with E-state index < -0.39 is 6.10 Å².